The van der Waals surface area contributed by atoms with Crippen molar-refractivity contribution < 1.29 is 9.47 Å². The summed E-state index contributed by atoms with van der Waals surface area (Å²) in [4.78, 5) is 0. The maximum absolute atomic E-state index is 5.62. The van der Waals surface area contributed by atoms with E-state index in [-0.39, 0.29) is 12.3 Å². The zero-order valence-corrected chi connectivity index (χ0v) is 13.2. The van der Waals surface area contributed by atoms with Gasteiger partial charge in [0.15, 0.2) is 6.29 Å². The molecule has 1 N–H and O–H groups in total. The Morgan fingerprint density at radius 2 is 1.85 bits per heavy atom. The summed E-state index contributed by atoms with van der Waals surface area (Å²) in [7, 11) is 0. The molecule has 0 radical (unpaired) electrons. The molecule has 1 atom stereocenters. The Bertz CT molecular complexity index is 520. The van der Waals surface area contributed by atoms with Gasteiger partial charge in [-0.15, -0.1) is 11.3 Å². The molecule has 2 aromatic rings. The topological polar surface area (TPSA) is 30.5 Å². The molecule has 4 heteroatoms. The van der Waals surface area contributed by atoms with E-state index in [9.17, 15) is 0 Å². The molecule has 1 heterocycles. The van der Waals surface area contributed by atoms with E-state index in [1.54, 1.807) is 11.3 Å². The lowest BCUT2D eigenvalue weighted by molar-refractivity contribution is -0.151. The fourth-order valence-electron chi connectivity index (χ4n) is 2.20. The molecule has 0 unspecified atom stereocenters. The molecule has 0 aliphatic rings. The second kappa shape index (κ2) is 7.74. The minimum absolute atomic E-state index is 0.161. The Hall–Kier alpha value is -0.940. The van der Waals surface area contributed by atoms with Crippen LogP contribution in [0.4, 0.5) is 0 Å². The van der Waals surface area contributed by atoms with Crippen LogP contribution in [-0.2, 0) is 16.0 Å². The van der Waals surface area contributed by atoms with Crippen molar-refractivity contribution in [3.63, 3.8) is 0 Å². The highest BCUT2D eigenvalue weighted by molar-refractivity contribution is 7.17. The van der Waals surface area contributed by atoms with Crippen LogP contribution >= 0.6 is 11.3 Å². The van der Waals surface area contributed by atoms with Crippen molar-refractivity contribution in [1.82, 2.24) is 5.32 Å². The van der Waals surface area contributed by atoms with Gasteiger partial charge < -0.3 is 14.8 Å². The molecule has 0 fully saturated rings. The number of hydrogen-bond acceptors (Lipinski definition) is 4. The van der Waals surface area contributed by atoms with Crippen molar-refractivity contribution in [2.75, 3.05) is 13.2 Å². The monoisotopic (exact) mass is 293 g/mol. The molecular formula is C16H23NO2S. The first-order chi connectivity index (χ1) is 9.76. The van der Waals surface area contributed by atoms with E-state index < -0.39 is 0 Å². The van der Waals surface area contributed by atoms with Gasteiger partial charge in [-0.1, -0.05) is 18.2 Å². The third-order valence-corrected chi connectivity index (χ3v) is 4.26. The van der Waals surface area contributed by atoms with Gasteiger partial charge in [0.25, 0.3) is 0 Å². The normalized spacial score (nSPS) is 13.2. The van der Waals surface area contributed by atoms with Crippen molar-refractivity contribution in [2.45, 2.75) is 39.6 Å². The van der Waals surface area contributed by atoms with Crippen LogP contribution in [0.25, 0.3) is 10.1 Å². The first-order valence-corrected chi connectivity index (χ1v) is 8.05. The van der Waals surface area contributed by atoms with Crippen molar-refractivity contribution in [3.05, 3.63) is 35.2 Å². The number of benzene rings is 1. The van der Waals surface area contributed by atoms with E-state index in [1.165, 1.54) is 15.6 Å². The minimum atomic E-state index is -0.185. The SMILES string of the molecule is CCOC(OCC)[C@H](C)NCc1csc2ccccc12. The van der Waals surface area contributed by atoms with Crippen LogP contribution in [0.1, 0.15) is 26.3 Å². The molecule has 0 bridgehead atoms. The lowest BCUT2D eigenvalue weighted by Crippen LogP contribution is -2.40. The smallest absolute Gasteiger partial charge is 0.172 e. The number of thiophene rings is 1. The molecule has 3 nitrogen and oxygen atoms in total. The van der Waals surface area contributed by atoms with Gasteiger partial charge in [-0.2, -0.15) is 0 Å². The van der Waals surface area contributed by atoms with Gasteiger partial charge in [-0.3, -0.25) is 0 Å². The highest BCUT2D eigenvalue weighted by Crippen LogP contribution is 2.25. The maximum Gasteiger partial charge on any atom is 0.172 e. The number of hydrogen-bond donors (Lipinski definition) is 1. The Kier molecular flexibility index (Phi) is 5.98. The minimum Gasteiger partial charge on any atom is -0.351 e. The zero-order chi connectivity index (χ0) is 14.4. The summed E-state index contributed by atoms with van der Waals surface area (Å²) in [6.45, 7) is 8.25. The fraction of sp³-hybridized carbons (Fsp3) is 0.500. The fourth-order valence-corrected chi connectivity index (χ4v) is 3.16. The molecule has 0 amide bonds. The largest absolute Gasteiger partial charge is 0.351 e. The zero-order valence-electron chi connectivity index (χ0n) is 12.4. The van der Waals surface area contributed by atoms with Crippen molar-refractivity contribution in [2.24, 2.45) is 0 Å². The first kappa shape index (κ1) is 15.4. The quantitative estimate of drug-likeness (QED) is 0.751. The first-order valence-electron chi connectivity index (χ1n) is 7.18. The van der Waals surface area contributed by atoms with Crippen LogP contribution in [0.5, 0.6) is 0 Å². The van der Waals surface area contributed by atoms with Crippen LogP contribution < -0.4 is 5.32 Å². The average molecular weight is 293 g/mol. The molecule has 0 saturated heterocycles. The summed E-state index contributed by atoms with van der Waals surface area (Å²) in [5, 5.41) is 7.06. The van der Waals surface area contributed by atoms with Gasteiger partial charge in [0.05, 0.1) is 6.04 Å². The average Bonchev–Trinajstić information content (AvgIpc) is 2.88. The van der Waals surface area contributed by atoms with Crippen LogP contribution in [-0.4, -0.2) is 25.5 Å². The van der Waals surface area contributed by atoms with Gasteiger partial charge in [0.2, 0.25) is 0 Å². The number of nitrogens with one attached hydrogen (secondary N) is 1. The van der Waals surface area contributed by atoms with Gasteiger partial charge in [-0.05, 0) is 43.2 Å². The summed E-state index contributed by atoms with van der Waals surface area (Å²) in [5.41, 5.74) is 1.34. The second-order valence-corrected chi connectivity index (χ2v) is 5.62. The van der Waals surface area contributed by atoms with E-state index in [2.05, 4.69) is 41.9 Å². The highest BCUT2D eigenvalue weighted by Gasteiger charge is 2.17. The summed E-state index contributed by atoms with van der Waals surface area (Å²) in [6, 6.07) is 8.67. The van der Waals surface area contributed by atoms with Gasteiger partial charge in [0.1, 0.15) is 0 Å². The molecule has 1 aromatic heterocycles. The van der Waals surface area contributed by atoms with Crippen LogP contribution in [0.15, 0.2) is 29.6 Å². The Balaban J connectivity index is 1.96. The van der Waals surface area contributed by atoms with Crippen LogP contribution in [0.3, 0.4) is 0 Å². The van der Waals surface area contributed by atoms with E-state index in [1.807, 2.05) is 13.8 Å². The third kappa shape index (κ3) is 3.79. The third-order valence-electron chi connectivity index (χ3n) is 3.25. The van der Waals surface area contributed by atoms with E-state index in [0.29, 0.717) is 13.2 Å². The maximum atomic E-state index is 5.62. The van der Waals surface area contributed by atoms with Crippen molar-refractivity contribution in [3.8, 4) is 0 Å². The molecule has 0 aliphatic heterocycles. The summed E-state index contributed by atoms with van der Waals surface area (Å²) in [5.74, 6) is 0. The lowest BCUT2D eigenvalue weighted by Gasteiger charge is -2.24. The summed E-state index contributed by atoms with van der Waals surface area (Å²) >= 11 is 1.79. The molecule has 0 aliphatic carbocycles. The Morgan fingerprint density at radius 1 is 1.15 bits per heavy atom. The van der Waals surface area contributed by atoms with E-state index >= 15 is 0 Å². The molecule has 20 heavy (non-hydrogen) atoms. The van der Waals surface area contributed by atoms with E-state index in [4.69, 9.17) is 9.47 Å². The number of ether oxygens (including phenoxy) is 2. The van der Waals surface area contributed by atoms with Gasteiger partial charge in [0, 0.05) is 24.5 Å². The molecule has 110 valence electrons. The Morgan fingerprint density at radius 3 is 2.55 bits per heavy atom. The molecule has 0 spiro atoms. The summed E-state index contributed by atoms with van der Waals surface area (Å²) < 4.78 is 12.6. The summed E-state index contributed by atoms with van der Waals surface area (Å²) in [6.07, 6.45) is -0.185. The predicted molar refractivity (Wildman–Crippen MR) is 85.2 cm³/mol. The van der Waals surface area contributed by atoms with Crippen LogP contribution in [0.2, 0.25) is 0 Å². The Labute approximate surface area is 124 Å². The van der Waals surface area contributed by atoms with E-state index in [0.717, 1.165) is 6.54 Å². The number of fused-ring (bicyclic) bond motifs is 1. The highest BCUT2D eigenvalue weighted by atomic mass is 32.1. The van der Waals surface area contributed by atoms with Gasteiger partial charge in [-0.25, -0.2) is 0 Å². The lowest BCUT2D eigenvalue weighted by atomic mass is 10.1. The molecular weight excluding hydrogens is 270 g/mol. The molecule has 1 aromatic carbocycles. The molecule has 0 saturated carbocycles. The second-order valence-electron chi connectivity index (χ2n) is 4.71. The standard InChI is InChI=1S/C16H23NO2S/c1-4-18-16(19-5-2)12(3)17-10-13-11-20-15-9-7-6-8-14(13)15/h6-9,11-12,16-17H,4-5,10H2,1-3H3/t12-/m0/s1. The van der Waals surface area contributed by atoms with Gasteiger partial charge >= 0.3 is 0 Å². The van der Waals surface area contributed by atoms with Crippen molar-refractivity contribution >= 4 is 21.4 Å². The predicted octanol–water partition coefficient (Wildman–Crippen LogP) is 3.78. The van der Waals surface area contributed by atoms with Crippen molar-refractivity contribution in [1.29, 1.82) is 0 Å². The van der Waals surface area contributed by atoms with Crippen LogP contribution in [0, 0.1) is 0 Å². The molecule has 2 rings (SSSR count). The number of rotatable bonds is 8.